The van der Waals surface area contributed by atoms with Gasteiger partial charge in [-0.05, 0) is 39.0 Å². The van der Waals surface area contributed by atoms with Crippen LogP contribution in [0.25, 0.3) is 0 Å². The summed E-state index contributed by atoms with van der Waals surface area (Å²) in [5.41, 5.74) is 0.503. The summed E-state index contributed by atoms with van der Waals surface area (Å²) in [4.78, 5) is 0. The van der Waals surface area contributed by atoms with E-state index < -0.39 is 5.60 Å². The van der Waals surface area contributed by atoms with Crippen LogP contribution in [0.4, 0.5) is 0 Å². The summed E-state index contributed by atoms with van der Waals surface area (Å²) < 4.78 is 10.8. The van der Waals surface area contributed by atoms with Crippen LogP contribution in [0.15, 0.2) is 23.4 Å². The van der Waals surface area contributed by atoms with Crippen molar-refractivity contribution in [3.8, 4) is 11.5 Å². The van der Waals surface area contributed by atoms with E-state index in [2.05, 4.69) is 5.16 Å². The second kappa shape index (κ2) is 6.43. The Bertz CT molecular complexity index is 449. The molecule has 0 heterocycles. The summed E-state index contributed by atoms with van der Waals surface area (Å²) in [6.45, 7) is 5.56. The molecule has 19 heavy (non-hydrogen) atoms. The van der Waals surface area contributed by atoms with Crippen LogP contribution in [0.5, 0.6) is 11.5 Å². The third-order valence-electron chi connectivity index (χ3n) is 2.70. The minimum atomic E-state index is -0.757. The number of methoxy groups -OCH3 is 1. The van der Waals surface area contributed by atoms with E-state index >= 15 is 0 Å². The number of oxime groups is 1. The van der Waals surface area contributed by atoms with Gasteiger partial charge in [0.25, 0.3) is 0 Å². The summed E-state index contributed by atoms with van der Waals surface area (Å²) in [7, 11) is 1.55. The molecule has 0 aromatic heterocycles. The second-order valence-corrected chi connectivity index (χ2v) is 4.96. The fourth-order valence-corrected chi connectivity index (χ4v) is 1.48. The van der Waals surface area contributed by atoms with E-state index in [4.69, 9.17) is 14.7 Å². The zero-order chi connectivity index (χ0) is 14.5. The van der Waals surface area contributed by atoms with E-state index in [1.54, 1.807) is 46.1 Å². The molecule has 1 aromatic carbocycles. The minimum Gasteiger partial charge on any atom is -0.493 e. The average molecular weight is 267 g/mol. The lowest BCUT2D eigenvalue weighted by molar-refractivity contribution is 0.0549. The molecule has 0 saturated heterocycles. The lowest BCUT2D eigenvalue weighted by Crippen LogP contribution is -2.21. The summed E-state index contributed by atoms with van der Waals surface area (Å²) >= 11 is 0. The number of benzene rings is 1. The SMILES string of the molecule is COc1cc(C(C)=NO)ccc1OCCC(C)(C)O. The van der Waals surface area contributed by atoms with Gasteiger partial charge in [-0.15, -0.1) is 0 Å². The van der Waals surface area contributed by atoms with Gasteiger partial charge in [-0.25, -0.2) is 0 Å². The molecule has 0 unspecified atom stereocenters. The van der Waals surface area contributed by atoms with E-state index in [-0.39, 0.29) is 0 Å². The van der Waals surface area contributed by atoms with Crippen molar-refractivity contribution in [2.45, 2.75) is 32.8 Å². The molecule has 106 valence electrons. The number of nitrogens with zero attached hydrogens (tertiary/aromatic N) is 1. The van der Waals surface area contributed by atoms with Crippen molar-refractivity contribution in [3.05, 3.63) is 23.8 Å². The number of ether oxygens (including phenoxy) is 2. The monoisotopic (exact) mass is 267 g/mol. The van der Waals surface area contributed by atoms with Crippen molar-refractivity contribution in [3.63, 3.8) is 0 Å². The van der Waals surface area contributed by atoms with E-state index in [0.29, 0.717) is 30.2 Å². The molecule has 0 bridgehead atoms. The Morgan fingerprint density at radius 2 is 2.00 bits per heavy atom. The minimum absolute atomic E-state index is 0.395. The molecule has 0 atom stereocenters. The zero-order valence-corrected chi connectivity index (χ0v) is 11.8. The van der Waals surface area contributed by atoms with Crippen molar-refractivity contribution >= 4 is 5.71 Å². The molecule has 0 fully saturated rings. The van der Waals surface area contributed by atoms with Crippen LogP contribution in [-0.4, -0.2) is 35.3 Å². The molecule has 0 amide bonds. The summed E-state index contributed by atoms with van der Waals surface area (Å²) in [6, 6.07) is 5.29. The largest absolute Gasteiger partial charge is 0.493 e. The van der Waals surface area contributed by atoms with Crippen molar-refractivity contribution < 1.29 is 19.8 Å². The highest BCUT2D eigenvalue weighted by atomic mass is 16.5. The molecule has 5 heteroatoms. The second-order valence-electron chi connectivity index (χ2n) is 4.96. The number of hydrogen-bond acceptors (Lipinski definition) is 5. The van der Waals surface area contributed by atoms with Gasteiger partial charge in [0, 0.05) is 12.0 Å². The third kappa shape index (κ3) is 4.79. The topological polar surface area (TPSA) is 71.3 Å². The van der Waals surface area contributed by atoms with Crippen LogP contribution in [0, 0.1) is 0 Å². The van der Waals surface area contributed by atoms with Crippen LogP contribution in [-0.2, 0) is 0 Å². The lowest BCUT2D eigenvalue weighted by atomic mass is 10.1. The number of aliphatic hydroxyl groups is 1. The first-order valence-electron chi connectivity index (χ1n) is 6.09. The van der Waals surface area contributed by atoms with Gasteiger partial charge in [0.2, 0.25) is 0 Å². The van der Waals surface area contributed by atoms with Crippen molar-refractivity contribution in [2.75, 3.05) is 13.7 Å². The van der Waals surface area contributed by atoms with Crippen LogP contribution in [0.3, 0.4) is 0 Å². The Kier molecular flexibility index (Phi) is 5.18. The van der Waals surface area contributed by atoms with Crippen LogP contribution in [0.1, 0.15) is 32.8 Å². The maximum absolute atomic E-state index is 9.62. The Labute approximate surface area is 113 Å². The Balaban J connectivity index is 2.79. The molecule has 0 aliphatic heterocycles. The third-order valence-corrected chi connectivity index (χ3v) is 2.70. The highest BCUT2D eigenvalue weighted by Crippen LogP contribution is 2.28. The van der Waals surface area contributed by atoms with Gasteiger partial charge < -0.3 is 19.8 Å². The highest BCUT2D eigenvalue weighted by Gasteiger charge is 2.13. The maximum atomic E-state index is 9.62. The van der Waals surface area contributed by atoms with E-state index in [9.17, 15) is 5.11 Å². The van der Waals surface area contributed by atoms with Gasteiger partial charge in [-0.2, -0.15) is 0 Å². The van der Waals surface area contributed by atoms with Crippen molar-refractivity contribution in [2.24, 2.45) is 5.16 Å². The molecule has 0 spiro atoms. The lowest BCUT2D eigenvalue weighted by Gasteiger charge is -2.18. The van der Waals surface area contributed by atoms with E-state index in [1.807, 2.05) is 0 Å². The highest BCUT2D eigenvalue weighted by molar-refractivity contribution is 5.98. The smallest absolute Gasteiger partial charge is 0.161 e. The zero-order valence-electron chi connectivity index (χ0n) is 11.8. The summed E-state index contributed by atoms with van der Waals surface area (Å²) in [5.74, 6) is 1.16. The fourth-order valence-electron chi connectivity index (χ4n) is 1.48. The molecule has 0 aliphatic carbocycles. The maximum Gasteiger partial charge on any atom is 0.161 e. The average Bonchev–Trinajstić information content (AvgIpc) is 2.36. The first-order valence-corrected chi connectivity index (χ1v) is 6.09. The predicted molar refractivity (Wildman–Crippen MR) is 73.4 cm³/mol. The van der Waals surface area contributed by atoms with Crippen molar-refractivity contribution in [1.29, 1.82) is 0 Å². The number of rotatable bonds is 6. The molecule has 0 saturated carbocycles. The van der Waals surface area contributed by atoms with E-state index in [0.717, 1.165) is 5.56 Å². The van der Waals surface area contributed by atoms with Crippen molar-refractivity contribution in [1.82, 2.24) is 0 Å². The standard InChI is InChI=1S/C14H21NO4/c1-10(15-17)11-5-6-12(13(9-11)18-4)19-8-7-14(2,3)16/h5-6,9,16-17H,7-8H2,1-4H3. The number of hydrogen-bond donors (Lipinski definition) is 2. The Morgan fingerprint density at radius 1 is 1.32 bits per heavy atom. The van der Waals surface area contributed by atoms with Gasteiger partial charge in [0.05, 0.1) is 25.0 Å². The molecule has 1 aromatic rings. The first-order chi connectivity index (χ1) is 8.87. The fraction of sp³-hybridized carbons (Fsp3) is 0.500. The van der Waals surface area contributed by atoms with Gasteiger partial charge in [0.15, 0.2) is 11.5 Å². The molecule has 1 rings (SSSR count). The molecule has 2 N–H and O–H groups in total. The van der Waals surface area contributed by atoms with Gasteiger partial charge in [0.1, 0.15) is 0 Å². The van der Waals surface area contributed by atoms with E-state index in [1.165, 1.54) is 0 Å². The van der Waals surface area contributed by atoms with Gasteiger partial charge >= 0.3 is 0 Å². The first kappa shape index (κ1) is 15.3. The Hall–Kier alpha value is -1.75. The Morgan fingerprint density at radius 3 is 2.53 bits per heavy atom. The molecular formula is C14H21NO4. The molecule has 0 radical (unpaired) electrons. The predicted octanol–water partition coefficient (Wildman–Crippen LogP) is 2.43. The van der Waals surface area contributed by atoms with Gasteiger partial charge in [-0.3, -0.25) is 0 Å². The van der Waals surface area contributed by atoms with Gasteiger partial charge in [-0.1, -0.05) is 5.16 Å². The van der Waals surface area contributed by atoms with Crippen LogP contribution in [0.2, 0.25) is 0 Å². The summed E-state index contributed by atoms with van der Waals surface area (Å²) in [6.07, 6.45) is 0.523. The normalized spacial score (nSPS) is 12.4. The molecular weight excluding hydrogens is 246 g/mol. The quantitative estimate of drug-likeness (QED) is 0.472. The summed E-state index contributed by atoms with van der Waals surface area (Å²) in [5, 5.41) is 21.5. The van der Waals surface area contributed by atoms with Crippen LogP contribution >= 0.6 is 0 Å². The molecule has 0 aliphatic rings. The molecule has 5 nitrogen and oxygen atoms in total. The van der Waals surface area contributed by atoms with Crippen LogP contribution < -0.4 is 9.47 Å².